The van der Waals surface area contributed by atoms with E-state index in [2.05, 4.69) is 27.7 Å². The average molecular weight is 613 g/mol. The Morgan fingerprint density at radius 1 is 0.605 bits per heavy atom. The zero-order chi connectivity index (χ0) is 30.3. The fourth-order valence-corrected chi connectivity index (χ4v) is 6.79. The molecule has 2 saturated heterocycles. The van der Waals surface area contributed by atoms with E-state index in [1.807, 2.05) is 0 Å². The highest BCUT2D eigenvalue weighted by atomic mass is 16.6. The van der Waals surface area contributed by atoms with Crippen molar-refractivity contribution in [3.05, 3.63) is 0 Å². The largest absolute Gasteiger partial charge is 0.379 e. The smallest absolute Gasteiger partial charge is 0.104 e. The maximum atomic E-state index is 6.40. The lowest BCUT2D eigenvalue weighted by molar-refractivity contribution is -0.0979. The van der Waals surface area contributed by atoms with Crippen LogP contribution in [0.1, 0.15) is 105 Å². The Morgan fingerprint density at radius 2 is 1.00 bits per heavy atom. The lowest BCUT2D eigenvalue weighted by atomic mass is 9.60. The first-order valence-electron chi connectivity index (χ1n) is 17.8. The standard InChI is InChI=1S/C35H64O8/c1-5-7-17-36-19-31(40-23-33-25-42-33)21-38-29-13-9-27(10-14-29)35(3,4)28-11-15-30(16-12-28)39-22-32(20-37-18-8-6-2)41-24-34-26-43-34/h27-34H,5-26H2,1-4H3. The van der Waals surface area contributed by atoms with Crippen LogP contribution in [-0.2, 0) is 37.9 Å². The molecule has 4 unspecified atom stereocenters. The third-order valence-electron chi connectivity index (χ3n) is 10.2. The Bertz CT molecular complexity index is 653. The minimum absolute atomic E-state index is 0.00439. The highest BCUT2D eigenvalue weighted by Gasteiger charge is 2.41. The molecular weight excluding hydrogens is 548 g/mol. The Morgan fingerprint density at radius 3 is 1.35 bits per heavy atom. The molecule has 0 amide bonds. The molecular formula is C35H64O8. The summed E-state index contributed by atoms with van der Waals surface area (Å²) in [4.78, 5) is 0. The summed E-state index contributed by atoms with van der Waals surface area (Å²) in [5.41, 5.74) is 0.349. The van der Waals surface area contributed by atoms with E-state index in [4.69, 9.17) is 37.9 Å². The zero-order valence-corrected chi connectivity index (χ0v) is 27.9. The van der Waals surface area contributed by atoms with Crippen molar-refractivity contribution in [1.82, 2.24) is 0 Å². The van der Waals surface area contributed by atoms with Gasteiger partial charge in [0.1, 0.15) is 24.4 Å². The minimum atomic E-state index is -0.00439. The summed E-state index contributed by atoms with van der Waals surface area (Å²) in [6.45, 7) is 16.4. The molecule has 252 valence electrons. The van der Waals surface area contributed by atoms with Crippen molar-refractivity contribution in [3.63, 3.8) is 0 Å². The van der Waals surface area contributed by atoms with E-state index < -0.39 is 0 Å². The van der Waals surface area contributed by atoms with E-state index in [9.17, 15) is 0 Å². The average Bonchev–Trinajstić information content (AvgIpc) is 3.96. The quantitative estimate of drug-likeness (QED) is 0.0920. The monoisotopic (exact) mass is 612 g/mol. The van der Waals surface area contributed by atoms with E-state index >= 15 is 0 Å². The van der Waals surface area contributed by atoms with Crippen molar-refractivity contribution in [3.8, 4) is 0 Å². The molecule has 2 saturated carbocycles. The van der Waals surface area contributed by atoms with Crippen LogP contribution in [0.2, 0.25) is 0 Å². The Kier molecular flexibility index (Phi) is 16.0. The highest BCUT2D eigenvalue weighted by molar-refractivity contribution is 4.91. The van der Waals surface area contributed by atoms with Gasteiger partial charge in [0, 0.05) is 13.2 Å². The van der Waals surface area contributed by atoms with Gasteiger partial charge >= 0.3 is 0 Å². The van der Waals surface area contributed by atoms with Crippen molar-refractivity contribution in [2.45, 2.75) is 141 Å². The van der Waals surface area contributed by atoms with Gasteiger partial charge in [-0.1, -0.05) is 40.5 Å². The van der Waals surface area contributed by atoms with Gasteiger partial charge in [-0.15, -0.1) is 0 Å². The van der Waals surface area contributed by atoms with Crippen LogP contribution in [0, 0.1) is 17.3 Å². The molecule has 0 radical (unpaired) electrons. The summed E-state index contributed by atoms with van der Waals surface area (Å²) in [6.07, 6.45) is 15.3. The zero-order valence-electron chi connectivity index (χ0n) is 27.9. The van der Waals surface area contributed by atoms with E-state index in [-0.39, 0.29) is 24.4 Å². The van der Waals surface area contributed by atoms with Gasteiger partial charge < -0.3 is 37.9 Å². The first kappa shape index (κ1) is 35.5. The van der Waals surface area contributed by atoms with E-state index in [0.29, 0.717) is 57.3 Å². The van der Waals surface area contributed by atoms with Gasteiger partial charge in [-0.05, 0) is 81.5 Å². The molecule has 2 aliphatic heterocycles. The van der Waals surface area contributed by atoms with Crippen LogP contribution < -0.4 is 0 Å². The van der Waals surface area contributed by atoms with Gasteiger partial charge in [0.2, 0.25) is 0 Å². The molecule has 2 heterocycles. The molecule has 4 rings (SSSR count). The maximum absolute atomic E-state index is 6.40. The van der Waals surface area contributed by atoms with Crippen LogP contribution in [0.4, 0.5) is 0 Å². The predicted molar refractivity (Wildman–Crippen MR) is 168 cm³/mol. The summed E-state index contributed by atoms with van der Waals surface area (Å²) in [7, 11) is 0. The van der Waals surface area contributed by atoms with Crippen LogP contribution >= 0.6 is 0 Å². The molecule has 4 aliphatic rings. The molecule has 0 bridgehead atoms. The lowest BCUT2D eigenvalue weighted by Crippen LogP contribution is -2.40. The summed E-state index contributed by atoms with van der Waals surface area (Å²) in [5.74, 6) is 1.52. The van der Waals surface area contributed by atoms with Gasteiger partial charge in [0.05, 0.1) is 65.1 Å². The second-order valence-electron chi connectivity index (χ2n) is 14.1. The molecule has 4 fully saturated rings. The number of ether oxygens (including phenoxy) is 8. The Balaban J connectivity index is 1.12. The molecule has 8 heteroatoms. The van der Waals surface area contributed by atoms with Gasteiger partial charge in [0.25, 0.3) is 0 Å². The lowest BCUT2D eigenvalue weighted by Gasteiger charge is -2.46. The fraction of sp³-hybridized carbons (Fsp3) is 1.00. The summed E-state index contributed by atoms with van der Waals surface area (Å²) < 4.78 is 47.4. The molecule has 2 aliphatic carbocycles. The van der Waals surface area contributed by atoms with Crippen LogP contribution in [0.25, 0.3) is 0 Å². The number of epoxide rings is 2. The van der Waals surface area contributed by atoms with Crippen molar-refractivity contribution in [2.75, 3.05) is 66.1 Å². The van der Waals surface area contributed by atoms with Gasteiger partial charge in [0.15, 0.2) is 0 Å². The topological polar surface area (TPSA) is 80.4 Å². The minimum Gasteiger partial charge on any atom is -0.379 e. The number of unbranched alkanes of at least 4 members (excludes halogenated alkanes) is 2. The third kappa shape index (κ3) is 13.5. The van der Waals surface area contributed by atoms with Gasteiger partial charge in [-0.3, -0.25) is 0 Å². The summed E-state index contributed by atoms with van der Waals surface area (Å²) in [5, 5.41) is 0. The second kappa shape index (κ2) is 19.4. The van der Waals surface area contributed by atoms with Crippen LogP contribution in [0.3, 0.4) is 0 Å². The molecule has 0 N–H and O–H groups in total. The van der Waals surface area contributed by atoms with Crippen molar-refractivity contribution in [2.24, 2.45) is 17.3 Å². The highest BCUT2D eigenvalue weighted by Crippen LogP contribution is 2.49. The fourth-order valence-electron chi connectivity index (χ4n) is 6.79. The molecule has 8 nitrogen and oxygen atoms in total. The Hall–Kier alpha value is -0.320. The van der Waals surface area contributed by atoms with E-state index in [1.54, 1.807) is 0 Å². The molecule has 0 aromatic heterocycles. The SMILES string of the molecule is CCCCOCC(COC1CCC(C(C)(C)C2CCC(OCC(COCCCC)OCC3CO3)CC2)CC1)OCC1CO1. The van der Waals surface area contributed by atoms with Gasteiger partial charge in [-0.2, -0.15) is 0 Å². The predicted octanol–water partition coefficient (Wildman–Crippen LogP) is 6.36. The van der Waals surface area contributed by atoms with Crippen molar-refractivity contribution < 1.29 is 37.9 Å². The molecule has 0 aromatic rings. The van der Waals surface area contributed by atoms with E-state index in [0.717, 1.165) is 89.6 Å². The Labute approximate surface area is 262 Å². The van der Waals surface area contributed by atoms with Crippen LogP contribution in [0.15, 0.2) is 0 Å². The van der Waals surface area contributed by atoms with Gasteiger partial charge in [-0.25, -0.2) is 0 Å². The first-order valence-corrected chi connectivity index (χ1v) is 17.8. The molecule has 43 heavy (non-hydrogen) atoms. The van der Waals surface area contributed by atoms with Crippen LogP contribution in [0.5, 0.6) is 0 Å². The normalized spacial score (nSPS) is 30.7. The number of hydrogen-bond donors (Lipinski definition) is 0. The number of rotatable bonds is 24. The third-order valence-corrected chi connectivity index (χ3v) is 10.2. The molecule has 0 spiro atoms. The molecule has 4 atom stereocenters. The maximum Gasteiger partial charge on any atom is 0.104 e. The number of hydrogen-bond acceptors (Lipinski definition) is 8. The second-order valence-corrected chi connectivity index (χ2v) is 14.1. The van der Waals surface area contributed by atoms with Crippen molar-refractivity contribution >= 4 is 0 Å². The van der Waals surface area contributed by atoms with E-state index in [1.165, 1.54) is 25.7 Å². The van der Waals surface area contributed by atoms with Crippen LogP contribution in [-0.4, -0.2) is 103 Å². The first-order chi connectivity index (χ1) is 21.0. The molecule has 0 aromatic carbocycles. The van der Waals surface area contributed by atoms with Crippen molar-refractivity contribution in [1.29, 1.82) is 0 Å². The summed E-state index contributed by atoms with van der Waals surface area (Å²) >= 11 is 0. The summed E-state index contributed by atoms with van der Waals surface area (Å²) in [6, 6.07) is 0.